The SMILES string of the molecule is CCCCCCCCCCCCCCCCCCCCCC(=O)O[C@H](COC(=O)CCCCCCCCCCCCCCCCC(C)C)COP(=O)(O)OC[C@@H](O)COP(=O)(O)OC[C@@H](COC(=O)CCCCCCCCCCCC(C)C)OC(=O)CCCCCCCCCCCCCCC. The quantitative estimate of drug-likeness (QED) is 0.0222. The first-order valence-corrected chi connectivity index (χ1v) is 45.5. The van der Waals surface area contributed by atoms with Crippen molar-refractivity contribution in [1.29, 1.82) is 0 Å². The van der Waals surface area contributed by atoms with Gasteiger partial charge in [-0.05, 0) is 37.5 Å². The molecule has 0 aliphatic heterocycles. The predicted octanol–water partition coefficient (Wildman–Crippen LogP) is 24.7. The van der Waals surface area contributed by atoms with Crippen LogP contribution in [0, 0.1) is 11.8 Å². The van der Waals surface area contributed by atoms with E-state index in [1.807, 2.05) is 0 Å². The lowest BCUT2D eigenvalue weighted by atomic mass is 10.0. The number of hydrogen-bond acceptors (Lipinski definition) is 15. The number of esters is 4. The highest BCUT2D eigenvalue weighted by Gasteiger charge is 2.30. The van der Waals surface area contributed by atoms with Crippen LogP contribution >= 0.6 is 15.6 Å². The van der Waals surface area contributed by atoms with Crippen molar-refractivity contribution in [1.82, 2.24) is 0 Å². The minimum absolute atomic E-state index is 0.108. The van der Waals surface area contributed by atoms with Gasteiger partial charge in [-0.1, -0.05) is 382 Å². The maximum absolute atomic E-state index is 13.1. The zero-order valence-electron chi connectivity index (χ0n) is 66.2. The number of rotatable bonds is 81. The lowest BCUT2D eigenvalue weighted by Crippen LogP contribution is -2.30. The minimum atomic E-state index is -4.96. The van der Waals surface area contributed by atoms with E-state index in [1.54, 1.807) is 0 Å². The van der Waals surface area contributed by atoms with Gasteiger partial charge in [0.2, 0.25) is 0 Å². The summed E-state index contributed by atoms with van der Waals surface area (Å²) in [6, 6.07) is 0. The second-order valence-electron chi connectivity index (χ2n) is 30.5. The van der Waals surface area contributed by atoms with Crippen molar-refractivity contribution in [3.63, 3.8) is 0 Å². The molecular weight excluding hydrogens is 1320 g/mol. The fourth-order valence-electron chi connectivity index (χ4n) is 12.7. The van der Waals surface area contributed by atoms with Crippen LogP contribution in [0.15, 0.2) is 0 Å². The van der Waals surface area contributed by atoms with Gasteiger partial charge in [0.1, 0.15) is 19.3 Å². The first-order chi connectivity index (χ1) is 48.9. The highest BCUT2D eigenvalue weighted by Crippen LogP contribution is 2.45. The molecule has 17 nitrogen and oxygen atoms in total. The van der Waals surface area contributed by atoms with Crippen LogP contribution in [0.4, 0.5) is 0 Å². The molecule has 0 aliphatic carbocycles. The maximum atomic E-state index is 13.1. The van der Waals surface area contributed by atoms with Crippen molar-refractivity contribution in [3.05, 3.63) is 0 Å². The molecule has 5 atom stereocenters. The number of unbranched alkanes of at least 4 members (excludes halogenated alkanes) is 51. The number of aliphatic hydroxyl groups is 1. The Morgan fingerprint density at radius 1 is 0.267 bits per heavy atom. The number of phosphoric acid groups is 2. The molecule has 0 aromatic rings. The van der Waals surface area contributed by atoms with Crippen LogP contribution in [0.5, 0.6) is 0 Å². The van der Waals surface area contributed by atoms with Crippen LogP contribution in [0.25, 0.3) is 0 Å². The lowest BCUT2D eigenvalue weighted by Gasteiger charge is -2.21. The Balaban J connectivity index is 5.25. The van der Waals surface area contributed by atoms with Gasteiger partial charge in [0.15, 0.2) is 12.2 Å². The highest BCUT2D eigenvalue weighted by molar-refractivity contribution is 7.47. The van der Waals surface area contributed by atoms with Crippen molar-refractivity contribution in [3.8, 4) is 0 Å². The van der Waals surface area contributed by atoms with Gasteiger partial charge >= 0.3 is 39.5 Å². The molecule has 0 fully saturated rings. The fraction of sp³-hybridized carbons (Fsp3) is 0.951. The molecule has 3 N–H and O–H groups in total. The number of phosphoric ester groups is 2. The van der Waals surface area contributed by atoms with Crippen LogP contribution in [0.3, 0.4) is 0 Å². The van der Waals surface area contributed by atoms with Gasteiger partial charge in [-0.25, -0.2) is 9.13 Å². The first-order valence-electron chi connectivity index (χ1n) is 42.5. The van der Waals surface area contributed by atoms with Crippen LogP contribution in [0.1, 0.15) is 433 Å². The zero-order chi connectivity index (χ0) is 74.2. The van der Waals surface area contributed by atoms with E-state index in [1.165, 1.54) is 250 Å². The van der Waals surface area contributed by atoms with Crippen LogP contribution < -0.4 is 0 Å². The third-order valence-electron chi connectivity index (χ3n) is 19.2. The normalized spacial score (nSPS) is 13.9. The van der Waals surface area contributed by atoms with Gasteiger partial charge in [0.25, 0.3) is 0 Å². The standard InChI is InChI=1S/C82H160O17P2/c1-7-9-11-13-15-17-19-21-22-23-24-25-26-32-36-42-49-55-61-67-82(87)98-77(70-92-79(84)64-58-52-46-40-34-31-28-27-30-33-38-44-50-56-62-74(3)4)72-96-100(88,89)94-68-76(83)69-95-101(90,91)97-73-78(71-93-80(85)65-59-53-47-43-37-39-45-51-57-63-75(5)6)99-81(86)66-60-54-48-41-35-29-20-18-16-14-12-10-8-2/h74-78,83H,7-73H2,1-6H3,(H,88,89)(H,90,91)/t76-,77-,78-/m1/s1. The molecule has 0 saturated carbocycles. The molecule has 0 saturated heterocycles. The van der Waals surface area contributed by atoms with Crippen molar-refractivity contribution < 1.29 is 80.2 Å². The molecule has 0 aromatic heterocycles. The van der Waals surface area contributed by atoms with Crippen LogP contribution in [-0.4, -0.2) is 96.7 Å². The minimum Gasteiger partial charge on any atom is -0.462 e. The molecule has 0 aliphatic rings. The predicted molar refractivity (Wildman–Crippen MR) is 414 cm³/mol. The molecule has 600 valence electrons. The molecule has 0 radical (unpaired) electrons. The molecule has 101 heavy (non-hydrogen) atoms. The summed E-state index contributed by atoms with van der Waals surface area (Å²) in [6.07, 6.45) is 63.8. The fourth-order valence-corrected chi connectivity index (χ4v) is 14.3. The van der Waals surface area contributed by atoms with Gasteiger partial charge in [-0.3, -0.25) is 37.3 Å². The second kappa shape index (κ2) is 73.6. The molecular formula is C82H160O17P2. The van der Waals surface area contributed by atoms with Crippen LogP contribution in [0.2, 0.25) is 0 Å². The van der Waals surface area contributed by atoms with E-state index in [2.05, 4.69) is 41.5 Å². The van der Waals surface area contributed by atoms with Gasteiger partial charge in [0, 0.05) is 25.7 Å². The van der Waals surface area contributed by atoms with E-state index in [0.29, 0.717) is 25.7 Å². The van der Waals surface area contributed by atoms with Crippen molar-refractivity contribution in [2.24, 2.45) is 11.8 Å². The summed E-state index contributed by atoms with van der Waals surface area (Å²) in [5, 5.41) is 10.7. The van der Waals surface area contributed by atoms with Crippen LogP contribution in [-0.2, 0) is 65.4 Å². The van der Waals surface area contributed by atoms with E-state index in [9.17, 15) is 43.2 Å². The molecule has 0 aromatic carbocycles. The Bertz CT molecular complexity index is 1940. The summed E-state index contributed by atoms with van der Waals surface area (Å²) >= 11 is 0. The van der Waals surface area contributed by atoms with Gasteiger partial charge in [-0.15, -0.1) is 0 Å². The molecule has 0 amide bonds. The Morgan fingerprint density at radius 3 is 0.673 bits per heavy atom. The zero-order valence-corrected chi connectivity index (χ0v) is 68.0. The van der Waals surface area contributed by atoms with E-state index in [-0.39, 0.29) is 25.7 Å². The Kier molecular flexibility index (Phi) is 72.2. The van der Waals surface area contributed by atoms with E-state index < -0.39 is 97.5 Å². The Labute approximate surface area is 619 Å². The Hall–Kier alpha value is -1.94. The third kappa shape index (κ3) is 76.1. The summed E-state index contributed by atoms with van der Waals surface area (Å²) in [5.41, 5.74) is 0. The number of aliphatic hydroxyl groups excluding tert-OH is 1. The molecule has 19 heteroatoms. The number of hydrogen-bond donors (Lipinski definition) is 3. The smallest absolute Gasteiger partial charge is 0.462 e. The molecule has 2 unspecified atom stereocenters. The van der Waals surface area contributed by atoms with Crippen molar-refractivity contribution >= 4 is 39.5 Å². The van der Waals surface area contributed by atoms with Crippen molar-refractivity contribution in [2.45, 2.75) is 452 Å². The summed E-state index contributed by atoms with van der Waals surface area (Å²) in [4.78, 5) is 73.1. The van der Waals surface area contributed by atoms with Gasteiger partial charge in [-0.2, -0.15) is 0 Å². The topological polar surface area (TPSA) is 237 Å². The second-order valence-corrected chi connectivity index (χ2v) is 33.4. The number of carbonyl (C=O) groups is 4. The van der Waals surface area contributed by atoms with Gasteiger partial charge < -0.3 is 33.8 Å². The molecule has 0 rings (SSSR count). The lowest BCUT2D eigenvalue weighted by molar-refractivity contribution is -0.161. The summed E-state index contributed by atoms with van der Waals surface area (Å²) in [5.74, 6) is -0.562. The Morgan fingerprint density at radius 2 is 0.455 bits per heavy atom. The monoisotopic (exact) mass is 1480 g/mol. The van der Waals surface area contributed by atoms with E-state index in [4.69, 9.17) is 37.0 Å². The summed E-state index contributed by atoms with van der Waals surface area (Å²) in [6.45, 7) is 9.65. The average molecular weight is 1480 g/mol. The van der Waals surface area contributed by atoms with E-state index >= 15 is 0 Å². The summed E-state index contributed by atoms with van der Waals surface area (Å²) < 4.78 is 68.8. The highest BCUT2D eigenvalue weighted by atomic mass is 31.2. The summed E-state index contributed by atoms with van der Waals surface area (Å²) in [7, 11) is -9.92. The first kappa shape index (κ1) is 99.1. The van der Waals surface area contributed by atoms with E-state index in [0.717, 1.165) is 102 Å². The van der Waals surface area contributed by atoms with Gasteiger partial charge in [0.05, 0.1) is 26.4 Å². The molecule has 0 bridgehead atoms. The largest absolute Gasteiger partial charge is 0.472 e. The molecule has 0 heterocycles. The van der Waals surface area contributed by atoms with Crippen molar-refractivity contribution in [2.75, 3.05) is 39.6 Å². The third-order valence-corrected chi connectivity index (χ3v) is 21.1. The average Bonchev–Trinajstić information content (AvgIpc) is 0.971. The number of carbonyl (C=O) groups excluding carboxylic acids is 4. The maximum Gasteiger partial charge on any atom is 0.472 e. The molecule has 0 spiro atoms. The number of ether oxygens (including phenoxy) is 4.